The summed E-state index contributed by atoms with van der Waals surface area (Å²) >= 11 is 3.58. The highest BCUT2D eigenvalue weighted by atomic mass is 79.9. The molecule has 1 aromatic carbocycles. The fraction of sp³-hybridized carbons (Fsp3) is 0.176. The first-order valence-electron chi connectivity index (χ1n) is 6.97. The van der Waals surface area contributed by atoms with E-state index in [9.17, 15) is 0 Å². The Kier molecular flexibility index (Phi) is 2.93. The number of halogens is 1. The molecule has 0 bridgehead atoms. The van der Waals surface area contributed by atoms with Crippen LogP contribution in [0.4, 0.5) is 0 Å². The van der Waals surface area contributed by atoms with E-state index in [4.69, 9.17) is 4.99 Å². The van der Waals surface area contributed by atoms with Crippen LogP contribution in [-0.4, -0.2) is 17.6 Å². The van der Waals surface area contributed by atoms with Gasteiger partial charge >= 0.3 is 0 Å². The number of amidine groups is 1. The number of dihydropyridines is 1. The first-order valence-corrected chi connectivity index (χ1v) is 7.76. The zero-order chi connectivity index (χ0) is 14.4. The number of aliphatic imine (C=N–C) groups is 1. The second-order valence-electron chi connectivity index (χ2n) is 5.38. The van der Waals surface area contributed by atoms with E-state index in [1.54, 1.807) is 0 Å². The van der Waals surface area contributed by atoms with Crippen LogP contribution >= 0.6 is 15.9 Å². The SMILES string of the molecule is CC1=NNC2=N[C@H]3C=CC(Br)=CC3=C(c3ccccc3)[C@@H]12. The molecule has 3 nitrogen and oxygen atoms in total. The van der Waals surface area contributed by atoms with Gasteiger partial charge in [-0.3, -0.25) is 10.4 Å². The molecular formula is C17H14BrN3. The zero-order valence-electron chi connectivity index (χ0n) is 11.5. The number of nitrogens with one attached hydrogen (secondary N) is 1. The van der Waals surface area contributed by atoms with Gasteiger partial charge in [-0.1, -0.05) is 52.3 Å². The van der Waals surface area contributed by atoms with Gasteiger partial charge in [-0.2, -0.15) is 5.10 Å². The predicted octanol–water partition coefficient (Wildman–Crippen LogP) is 3.66. The summed E-state index contributed by atoms with van der Waals surface area (Å²) in [4.78, 5) is 4.81. The van der Waals surface area contributed by atoms with Crippen molar-refractivity contribution in [1.29, 1.82) is 0 Å². The van der Waals surface area contributed by atoms with Crippen LogP contribution in [0.5, 0.6) is 0 Å². The second kappa shape index (κ2) is 4.81. The van der Waals surface area contributed by atoms with Crippen molar-refractivity contribution in [2.45, 2.75) is 13.0 Å². The summed E-state index contributed by atoms with van der Waals surface area (Å²) in [6.45, 7) is 2.06. The third kappa shape index (κ3) is 2.02. The smallest absolute Gasteiger partial charge is 0.131 e. The molecule has 104 valence electrons. The number of hydrogen-bond acceptors (Lipinski definition) is 3. The van der Waals surface area contributed by atoms with Gasteiger partial charge in [-0.05, 0) is 35.8 Å². The number of hydrogen-bond donors (Lipinski definition) is 1. The minimum atomic E-state index is 0.0707. The summed E-state index contributed by atoms with van der Waals surface area (Å²) < 4.78 is 1.08. The summed E-state index contributed by atoms with van der Waals surface area (Å²) in [6.07, 6.45) is 6.36. The Morgan fingerprint density at radius 2 is 2.00 bits per heavy atom. The summed E-state index contributed by atoms with van der Waals surface area (Å²) in [6, 6.07) is 10.6. The Labute approximate surface area is 132 Å². The Morgan fingerprint density at radius 3 is 2.81 bits per heavy atom. The molecule has 3 aliphatic rings. The molecule has 21 heavy (non-hydrogen) atoms. The molecule has 2 aliphatic heterocycles. The molecule has 0 saturated carbocycles. The highest BCUT2D eigenvalue weighted by molar-refractivity contribution is 9.11. The van der Waals surface area contributed by atoms with Gasteiger partial charge in [0.1, 0.15) is 5.84 Å². The van der Waals surface area contributed by atoms with Gasteiger partial charge in [-0.15, -0.1) is 0 Å². The molecule has 0 unspecified atom stereocenters. The zero-order valence-corrected chi connectivity index (χ0v) is 13.1. The van der Waals surface area contributed by atoms with Crippen molar-refractivity contribution in [3.63, 3.8) is 0 Å². The molecule has 1 N–H and O–H groups in total. The Morgan fingerprint density at radius 1 is 1.19 bits per heavy atom. The van der Waals surface area contributed by atoms with Crippen molar-refractivity contribution in [1.82, 2.24) is 5.43 Å². The Bertz CT molecular complexity index is 753. The highest BCUT2D eigenvalue weighted by Gasteiger charge is 2.37. The number of fused-ring (bicyclic) bond motifs is 2. The lowest BCUT2D eigenvalue weighted by molar-refractivity contribution is 0.893. The fourth-order valence-electron chi connectivity index (χ4n) is 3.11. The van der Waals surface area contributed by atoms with E-state index < -0.39 is 0 Å². The quantitative estimate of drug-likeness (QED) is 0.832. The maximum absolute atomic E-state index is 4.81. The molecule has 2 atom stereocenters. The number of nitrogens with zero attached hydrogens (tertiary/aromatic N) is 2. The van der Waals surface area contributed by atoms with E-state index in [2.05, 4.69) is 75.9 Å². The van der Waals surface area contributed by atoms with Crippen molar-refractivity contribution in [2.24, 2.45) is 16.0 Å². The van der Waals surface area contributed by atoms with Crippen LogP contribution in [0.25, 0.3) is 5.57 Å². The van der Waals surface area contributed by atoms with E-state index in [0.29, 0.717) is 0 Å². The van der Waals surface area contributed by atoms with Gasteiger partial charge < -0.3 is 0 Å². The van der Waals surface area contributed by atoms with Crippen molar-refractivity contribution >= 4 is 33.1 Å². The summed E-state index contributed by atoms with van der Waals surface area (Å²) in [5.41, 5.74) is 7.95. The standard InChI is InChI=1S/C17H14BrN3/c1-10-15-16(11-5-3-2-4-6-11)13-9-12(18)7-8-14(13)19-17(15)21-20-10/h2-9,14-15H,1H3,(H,19,21)/t14-,15+/m0/s1. The van der Waals surface area contributed by atoms with Crippen LogP contribution < -0.4 is 5.43 Å². The normalized spacial score (nSPS) is 26.5. The van der Waals surface area contributed by atoms with E-state index in [-0.39, 0.29) is 12.0 Å². The van der Waals surface area contributed by atoms with Crippen LogP contribution in [0.15, 0.2) is 68.7 Å². The second-order valence-corrected chi connectivity index (χ2v) is 6.30. The molecule has 4 rings (SSSR count). The molecule has 2 heterocycles. The average molecular weight is 340 g/mol. The topological polar surface area (TPSA) is 36.8 Å². The largest absolute Gasteiger partial charge is 0.264 e. The van der Waals surface area contributed by atoms with Crippen LogP contribution in [-0.2, 0) is 0 Å². The summed E-state index contributed by atoms with van der Waals surface area (Å²) in [7, 11) is 0. The average Bonchev–Trinajstić information content (AvgIpc) is 2.87. The molecular weight excluding hydrogens is 326 g/mol. The van der Waals surface area contributed by atoms with E-state index >= 15 is 0 Å². The molecule has 0 saturated heterocycles. The molecule has 0 radical (unpaired) electrons. The summed E-state index contributed by atoms with van der Waals surface area (Å²) in [5, 5.41) is 4.38. The minimum Gasteiger partial charge on any atom is -0.264 e. The summed E-state index contributed by atoms with van der Waals surface area (Å²) in [5.74, 6) is 1.10. The van der Waals surface area contributed by atoms with Crippen LogP contribution in [0.2, 0.25) is 0 Å². The van der Waals surface area contributed by atoms with Crippen molar-refractivity contribution in [2.75, 3.05) is 0 Å². The molecule has 0 spiro atoms. The lowest BCUT2D eigenvalue weighted by Crippen LogP contribution is -2.32. The van der Waals surface area contributed by atoms with Crippen molar-refractivity contribution < 1.29 is 0 Å². The minimum absolute atomic E-state index is 0.0707. The van der Waals surface area contributed by atoms with Crippen LogP contribution in [0.3, 0.4) is 0 Å². The highest BCUT2D eigenvalue weighted by Crippen LogP contribution is 2.39. The third-order valence-corrected chi connectivity index (χ3v) is 4.54. The van der Waals surface area contributed by atoms with Gasteiger partial charge in [-0.25, -0.2) is 0 Å². The Balaban J connectivity index is 1.96. The van der Waals surface area contributed by atoms with Gasteiger partial charge in [0.05, 0.1) is 17.7 Å². The van der Waals surface area contributed by atoms with E-state index in [1.165, 1.54) is 16.7 Å². The van der Waals surface area contributed by atoms with Gasteiger partial charge in [0.15, 0.2) is 0 Å². The first-order chi connectivity index (χ1) is 10.2. The van der Waals surface area contributed by atoms with Gasteiger partial charge in [0.2, 0.25) is 0 Å². The van der Waals surface area contributed by atoms with Crippen molar-refractivity contribution in [3.8, 4) is 0 Å². The monoisotopic (exact) mass is 339 g/mol. The number of benzene rings is 1. The van der Waals surface area contributed by atoms with E-state index in [0.717, 1.165) is 16.0 Å². The number of allylic oxidation sites excluding steroid dienone is 2. The maximum Gasteiger partial charge on any atom is 0.131 e. The lowest BCUT2D eigenvalue weighted by atomic mass is 9.80. The van der Waals surface area contributed by atoms with Crippen molar-refractivity contribution in [3.05, 3.63) is 64.2 Å². The molecule has 0 aromatic heterocycles. The number of hydrazone groups is 1. The molecule has 1 aliphatic carbocycles. The van der Waals surface area contributed by atoms with Crippen LogP contribution in [0, 0.1) is 5.92 Å². The van der Waals surface area contributed by atoms with Crippen LogP contribution in [0.1, 0.15) is 12.5 Å². The molecule has 4 heteroatoms. The number of rotatable bonds is 1. The van der Waals surface area contributed by atoms with Gasteiger partial charge in [0.25, 0.3) is 0 Å². The fourth-order valence-corrected chi connectivity index (χ4v) is 3.51. The third-order valence-electron chi connectivity index (χ3n) is 4.05. The lowest BCUT2D eigenvalue weighted by Gasteiger charge is -2.29. The van der Waals surface area contributed by atoms with Gasteiger partial charge in [0, 0.05) is 4.48 Å². The molecule has 1 aromatic rings. The first kappa shape index (κ1) is 12.8. The predicted molar refractivity (Wildman–Crippen MR) is 90.5 cm³/mol. The molecule has 0 amide bonds. The maximum atomic E-state index is 4.81. The molecule has 0 fully saturated rings. The van der Waals surface area contributed by atoms with E-state index in [1.807, 2.05) is 6.07 Å². The Hall–Kier alpha value is -1.94.